The molecule has 0 saturated heterocycles. The normalized spacial score (nSPS) is 10.8. The number of unbranched alkanes of at least 4 members (excludes halogenated alkanes) is 10. The van der Waals surface area contributed by atoms with Gasteiger partial charge in [0.1, 0.15) is 23.0 Å². The summed E-state index contributed by atoms with van der Waals surface area (Å²) in [5, 5.41) is 0. The summed E-state index contributed by atoms with van der Waals surface area (Å²) in [6.45, 7) is 11.1. The van der Waals surface area contributed by atoms with Crippen LogP contribution in [0, 0.1) is 5.92 Å². The molecule has 0 radical (unpaired) electrons. The van der Waals surface area contributed by atoms with E-state index in [1.807, 2.05) is 26.0 Å². The van der Waals surface area contributed by atoms with Gasteiger partial charge in [-0.3, -0.25) is 4.79 Å². The largest absolute Gasteiger partial charge is 0.494 e. The number of hydrogen-bond acceptors (Lipinski definition) is 12. The van der Waals surface area contributed by atoms with Gasteiger partial charge < -0.3 is 33.2 Å². The Hall–Kier alpha value is -6.43. The van der Waals surface area contributed by atoms with Gasteiger partial charge in [0.15, 0.2) is 0 Å². The zero-order valence-corrected chi connectivity index (χ0v) is 38.1. The molecule has 0 fully saturated rings. The van der Waals surface area contributed by atoms with Crippen molar-refractivity contribution in [3.8, 4) is 23.0 Å². The van der Waals surface area contributed by atoms with Gasteiger partial charge in [-0.05, 0) is 123 Å². The Balaban J connectivity index is 1.04. The lowest BCUT2D eigenvalue weighted by molar-refractivity contribution is -0.147. The van der Waals surface area contributed by atoms with Crippen LogP contribution in [0.15, 0.2) is 109 Å². The molecule has 0 N–H and O–H groups in total. The fourth-order valence-corrected chi connectivity index (χ4v) is 6.26. The Labute approximate surface area is 383 Å². The third-order valence-corrected chi connectivity index (χ3v) is 10.2. The molecule has 12 nitrogen and oxygen atoms in total. The lowest BCUT2D eigenvalue weighted by atomic mass is 10.1. The van der Waals surface area contributed by atoms with Crippen LogP contribution in [0.4, 0.5) is 0 Å². The molecule has 0 spiro atoms. The minimum Gasteiger partial charge on any atom is -0.494 e. The fraction of sp³-hybridized carbons (Fsp3) is 0.415. The Morgan fingerprint density at radius 1 is 0.431 bits per heavy atom. The molecule has 0 aliphatic carbocycles. The molecule has 4 aromatic rings. The maximum atomic E-state index is 12.7. The second kappa shape index (κ2) is 29.1. The Morgan fingerprint density at radius 3 is 1.23 bits per heavy atom. The molecule has 0 aromatic heterocycles. The van der Waals surface area contributed by atoms with E-state index in [2.05, 4.69) is 6.58 Å². The molecule has 4 aromatic carbocycles. The van der Waals surface area contributed by atoms with E-state index >= 15 is 0 Å². The Morgan fingerprint density at radius 2 is 0.800 bits per heavy atom. The van der Waals surface area contributed by atoms with Crippen molar-refractivity contribution in [2.45, 2.75) is 104 Å². The van der Waals surface area contributed by atoms with Crippen LogP contribution in [0.25, 0.3) is 0 Å². The van der Waals surface area contributed by atoms with E-state index in [1.54, 1.807) is 91.9 Å². The van der Waals surface area contributed by atoms with Crippen LogP contribution in [0.3, 0.4) is 0 Å². The molecule has 0 unspecified atom stereocenters. The lowest BCUT2D eigenvalue weighted by Gasteiger charge is -2.09. The first-order valence-corrected chi connectivity index (χ1v) is 22.7. The molecule has 0 atom stereocenters. The van der Waals surface area contributed by atoms with Crippen molar-refractivity contribution in [3.63, 3.8) is 0 Å². The molecule has 0 aliphatic heterocycles. The highest BCUT2D eigenvalue weighted by atomic mass is 16.5. The van der Waals surface area contributed by atoms with Crippen molar-refractivity contribution in [1.82, 2.24) is 0 Å². The average molecular weight is 893 g/mol. The molecule has 348 valence electrons. The van der Waals surface area contributed by atoms with Gasteiger partial charge in [-0.25, -0.2) is 19.2 Å². The topological polar surface area (TPSA) is 150 Å². The van der Waals surface area contributed by atoms with Crippen LogP contribution in [0.2, 0.25) is 0 Å². The summed E-state index contributed by atoms with van der Waals surface area (Å²) in [6.07, 6.45) is 12.5. The Bertz CT molecular complexity index is 2070. The fourth-order valence-electron chi connectivity index (χ4n) is 6.26. The molecule has 65 heavy (non-hydrogen) atoms. The van der Waals surface area contributed by atoms with Gasteiger partial charge in [-0.15, -0.1) is 0 Å². The maximum Gasteiger partial charge on any atom is 0.343 e. The zero-order chi connectivity index (χ0) is 46.7. The molecule has 4 rings (SSSR count). The minimum absolute atomic E-state index is 0.0874. The molecule has 12 heteroatoms. The number of ether oxygens (including phenoxy) is 7. The summed E-state index contributed by atoms with van der Waals surface area (Å²) in [4.78, 5) is 61.0. The first-order valence-electron chi connectivity index (χ1n) is 22.7. The molecule has 0 heterocycles. The van der Waals surface area contributed by atoms with Crippen LogP contribution >= 0.6 is 0 Å². The van der Waals surface area contributed by atoms with Crippen LogP contribution in [0.5, 0.6) is 23.0 Å². The second-order valence-electron chi connectivity index (χ2n) is 16.1. The zero-order valence-electron chi connectivity index (χ0n) is 38.1. The summed E-state index contributed by atoms with van der Waals surface area (Å²) in [5.41, 5.74) is 2.40. The average Bonchev–Trinajstić information content (AvgIpc) is 3.31. The van der Waals surface area contributed by atoms with E-state index in [9.17, 15) is 24.0 Å². The van der Waals surface area contributed by atoms with Crippen molar-refractivity contribution in [2.75, 3.05) is 33.0 Å². The van der Waals surface area contributed by atoms with Crippen LogP contribution in [-0.2, 0) is 30.2 Å². The smallest absolute Gasteiger partial charge is 0.343 e. The van der Waals surface area contributed by atoms with Crippen molar-refractivity contribution in [1.29, 1.82) is 0 Å². The molecule has 0 aliphatic rings. The number of benzene rings is 4. The molecular weight excluding hydrogens is 829 g/mol. The van der Waals surface area contributed by atoms with Gasteiger partial charge in [0.25, 0.3) is 0 Å². The quantitative estimate of drug-likeness (QED) is 0.0161. The van der Waals surface area contributed by atoms with Crippen LogP contribution < -0.4 is 18.9 Å². The van der Waals surface area contributed by atoms with E-state index in [0.29, 0.717) is 78.1 Å². The SMILES string of the molecule is C=C(C)C(=O)OCCCCCCCCOc1ccc(C(=O)Oc2ccc(CCOC(=O)c3ccc(OC(=O)c4ccc(OCCCCCCCCOC(=O)C(C)C)cc4)cc3)cc2)cc1. The van der Waals surface area contributed by atoms with Gasteiger partial charge in [-0.1, -0.05) is 83.9 Å². The lowest BCUT2D eigenvalue weighted by Crippen LogP contribution is -2.12. The number of carbonyl (C=O) groups excluding carboxylic acids is 5. The first-order chi connectivity index (χ1) is 31.5. The summed E-state index contributed by atoms with van der Waals surface area (Å²) >= 11 is 0. The number of rotatable bonds is 30. The monoisotopic (exact) mass is 892 g/mol. The third-order valence-electron chi connectivity index (χ3n) is 10.2. The van der Waals surface area contributed by atoms with Gasteiger partial charge in [0.2, 0.25) is 0 Å². The van der Waals surface area contributed by atoms with E-state index in [-0.39, 0.29) is 24.5 Å². The van der Waals surface area contributed by atoms with Crippen molar-refractivity contribution in [2.24, 2.45) is 5.92 Å². The number of carbonyl (C=O) groups is 5. The van der Waals surface area contributed by atoms with Crippen molar-refractivity contribution < 1.29 is 57.1 Å². The van der Waals surface area contributed by atoms with Crippen LogP contribution in [-0.4, -0.2) is 62.9 Å². The van der Waals surface area contributed by atoms with Crippen LogP contribution in [0.1, 0.15) is 134 Å². The van der Waals surface area contributed by atoms with E-state index in [1.165, 1.54) is 0 Å². The van der Waals surface area contributed by atoms with Crippen molar-refractivity contribution in [3.05, 3.63) is 131 Å². The summed E-state index contributed by atoms with van der Waals surface area (Å²) in [7, 11) is 0. The predicted octanol–water partition coefficient (Wildman–Crippen LogP) is 11.3. The number of esters is 5. The maximum absolute atomic E-state index is 12.7. The van der Waals surface area contributed by atoms with Gasteiger partial charge in [-0.2, -0.15) is 0 Å². The minimum atomic E-state index is -0.532. The summed E-state index contributed by atoms with van der Waals surface area (Å²) in [5.74, 6) is -0.0627. The van der Waals surface area contributed by atoms with Gasteiger partial charge in [0, 0.05) is 12.0 Å². The molecule has 0 saturated carbocycles. The summed E-state index contributed by atoms with van der Waals surface area (Å²) in [6, 6.07) is 26.8. The third kappa shape index (κ3) is 20.3. The van der Waals surface area contributed by atoms with E-state index in [0.717, 1.165) is 82.6 Å². The van der Waals surface area contributed by atoms with E-state index in [4.69, 9.17) is 33.2 Å². The predicted molar refractivity (Wildman–Crippen MR) is 248 cm³/mol. The van der Waals surface area contributed by atoms with Gasteiger partial charge >= 0.3 is 29.8 Å². The van der Waals surface area contributed by atoms with E-state index < -0.39 is 17.9 Å². The highest BCUT2D eigenvalue weighted by Gasteiger charge is 2.13. The first kappa shape index (κ1) is 51.2. The molecule has 0 bridgehead atoms. The Kier molecular flexibility index (Phi) is 22.9. The second-order valence-corrected chi connectivity index (χ2v) is 16.1. The summed E-state index contributed by atoms with van der Waals surface area (Å²) < 4.78 is 38.5. The highest BCUT2D eigenvalue weighted by molar-refractivity contribution is 5.92. The number of hydrogen-bond donors (Lipinski definition) is 0. The highest BCUT2D eigenvalue weighted by Crippen LogP contribution is 2.20. The molecular formula is C53H64O12. The molecule has 0 amide bonds. The van der Waals surface area contributed by atoms with Crippen molar-refractivity contribution >= 4 is 29.8 Å². The standard InChI is InChI=1S/C53H64O12/c1-39(2)49(54)61-36-15-11-7-5-9-13-34-59-45-27-19-43(20-28-45)52(57)64-47-25-17-41(18-26-47)33-38-63-51(56)42-23-31-48(32-24-42)65-53(58)44-21-29-46(30-22-44)60-35-14-10-6-8-12-16-37-62-50(55)40(3)4/h17-32,40H,1,5-16,33-38H2,2-4H3. The van der Waals surface area contributed by atoms with Gasteiger partial charge in [0.05, 0.1) is 55.6 Å².